The average Bonchev–Trinajstić information content (AvgIpc) is 3.61. The molecule has 2 radical (unpaired) electrons. The van der Waals surface area contributed by atoms with Gasteiger partial charge in [0, 0.05) is 36.9 Å². The number of halogens is 2. The number of rotatable bonds is 10. The molecule has 2 aromatic carbocycles. The Hall–Kier alpha value is -4.74. The molecule has 0 spiro atoms. The van der Waals surface area contributed by atoms with Crippen LogP contribution in [0.2, 0.25) is 0 Å². The van der Waals surface area contributed by atoms with E-state index in [0.717, 1.165) is 11.1 Å². The molecule has 14 heteroatoms. The number of hydrogen-bond donors (Lipinski definition) is 0. The number of nitrogens with zero attached hydrogens (tertiary/aromatic N) is 2. The van der Waals surface area contributed by atoms with Crippen molar-refractivity contribution in [3.8, 4) is 0 Å². The van der Waals surface area contributed by atoms with Gasteiger partial charge in [-0.25, -0.2) is 8.78 Å². The molecule has 0 atom stereocenters. The van der Waals surface area contributed by atoms with Crippen LogP contribution < -0.4 is 20.4 Å². The fraction of sp³-hybridized carbons (Fsp3) is 0.0667. The summed E-state index contributed by atoms with van der Waals surface area (Å²) < 4.78 is 28.7. The second-order valence-corrected chi connectivity index (χ2v) is 8.62. The first-order valence-corrected chi connectivity index (χ1v) is 12.0. The van der Waals surface area contributed by atoms with Crippen molar-refractivity contribution in [1.29, 1.82) is 0 Å². The van der Waals surface area contributed by atoms with Crippen LogP contribution in [-0.2, 0) is 66.4 Å². The number of hydrogen-bond acceptors (Lipinski definition) is 8. The van der Waals surface area contributed by atoms with Gasteiger partial charge in [0.15, 0.2) is 0 Å². The molecule has 4 rings (SSSR count). The van der Waals surface area contributed by atoms with Crippen molar-refractivity contribution in [2.24, 2.45) is 0 Å². The summed E-state index contributed by atoms with van der Waals surface area (Å²) in [6.45, 7) is 0.587. The van der Waals surface area contributed by atoms with Gasteiger partial charge in [0.05, 0.1) is 0 Å². The van der Waals surface area contributed by atoms with Gasteiger partial charge in [-0.1, -0.05) is 35.8 Å². The zero-order valence-electron chi connectivity index (χ0n) is 22.2. The van der Waals surface area contributed by atoms with Gasteiger partial charge in [-0.05, 0) is 71.8 Å². The quantitative estimate of drug-likeness (QED) is 0.0913. The third kappa shape index (κ3) is 10.8. The zero-order valence-corrected chi connectivity index (χ0v) is 24.1. The summed E-state index contributed by atoms with van der Waals surface area (Å²) >= 11 is 0. The van der Waals surface area contributed by atoms with E-state index < -0.39 is 35.0 Å². The van der Waals surface area contributed by atoms with Crippen LogP contribution in [0, 0.1) is 11.6 Å². The van der Waals surface area contributed by atoms with Gasteiger partial charge in [0.1, 0.15) is 23.6 Å². The minimum Gasteiger partial charge on any atom is -0.871 e. The van der Waals surface area contributed by atoms with Crippen molar-refractivity contribution in [1.82, 2.24) is 9.13 Å². The molecule has 0 N–H and O–H groups in total. The average molecular weight is 702 g/mol. The van der Waals surface area contributed by atoms with E-state index in [9.17, 15) is 48.4 Å². The molecule has 10 nitrogen and oxygen atoms in total. The van der Waals surface area contributed by atoms with E-state index in [-0.39, 0.29) is 57.2 Å². The predicted molar refractivity (Wildman–Crippen MR) is 136 cm³/mol. The monoisotopic (exact) mass is 700 g/mol. The number of carbonyl (C=O) groups excluding carboxylic acids is 4. The molecule has 0 bridgehead atoms. The third-order valence-electron chi connectivity index (χ3n) is 5.62. The van der Waals surface area contributed by atoms with Gasteiger partial charge in [0.2, 0.25) is 11.6 Å². The first-order valence-electron chi connectivity index (χ1n) is 12.0. The molecule has 0 aliphatic rings. The van der Waals surface area contributed by atoms with Crippen molar-refractivity contribution in [2.45, 2.75) is 13.1 Å². The number of ketones is 2. The molecule has 2 aromatic heterocycles. The summed E-state index contributed by atoms with van der Waals surface area (Å²) in [5.74, 6) is -8.80. The summed E-state index contributed by atoms with van der Waals surface area (Å²) in [5, 5.41) is 44.3. The fourth-order valence-electron chi connectivity index (χ4n) is 3.63. The Morgan fingerprint density at radius 1 is 0.568 bits per heavy atom. The van der Waals surface area contributed by atoms with Crippen LogP contribution in [0.5, 0.6) is 0 Å². The maximum atomic E-state index is 12.8. The van der Waals surface area contributed by atoms with Gasteiger partial charge >= 0.3 is 34.1 Å². The molecule has 0 fully saturated rings. The molecule has 0 saturated carbocycles. The second kappa shape index (κ2) is 17.4. The van der Waals surface area contributed by atoms with Crippen LogP contribution >= 0.6 is 0 Å². The topological polar surface area (TPSA) is 170 Å². The van der Waals surface area contributed by atoms with Crippen molar-refractivity contribution < 1.29 is 82.5 Å². The molecular formula is C30H20Cu2F2N2O8. The van der Waals surface area contributed by atoms with Crippen molar-refractivity contribution >= 4 is 35.0 Å². The minimum absolute atomic E-state index is 0. The number of carboxylic acids is 2. The molecule has 2 heterocycles. The van der Waals surface area contributed by atoms with Crippen LogP contribution in [0.25, 0.3) is 11.5 Å². The molecule has 0 unspecified atom stereocenters. The van der Waals surface area contributed by atoms with Crippen LogP contribution in [0.3, 0.4) is 0 Å². The fourth-order valence-corrected chi connectivity index (χ4v) is 3.63. The van der Waals surface area contributed by atoms with Gasteiger partial charge in [-0.15, -0.1) is 0 Å². The Labute approximate surface area is 270 Å². The van der Waals surface area contributed by atoms with Crippen LogP contribution in [0.1, 0.15) is 22.5 Å². The summed E-state index contributed by atoms with van der Waals surface area (Å²) in [4.78, 5) is 42.6. The molecule has 0 amide bonds. The molecule has 0 aliphatic heterocycles. The van der Waals surface area contributed by atoms with E-state index in [4.69, 9.17) is 0 Å². The van der Waals surface area contributed by atoms with Crippen LogP contribution in [0.4, 0.5) is 8.78 Å². The number of carbonyl (C=O) groups is 4. The number of benzene rings is 2. The maximum Gasteiger partial charge on any atom is 2.00 e. The smallest absolute Gasteiger partial charge is 0.871 e. The largest absolute Gasteiger partial charge is 2.00 e. The zero-order chi connectivity index (χ0) is 30.8. The van der Waals surface area contributed by atoms with Crippen molar-refractivity contribution in [3.63, 3.8) is 0 Å². The Kier molecular flexibility index (Phi) is 14.7. The number of carboxylic acid groups (broad SMARTS) is 2. The van der Waals surface area contributed by atoms with E-state index in [0.29, 0.717) is 25.2 Å². The summed E-state index contributed by atoms with van der Waals surface area (Å²) in [6.07, 6.45) is 4.17. The maximum absolute atomic E-state index is 12.8. The Morgan fingerprint density at radius 3 is 1.18 bits per heavy atom. The summed E-state index contributed by atoms with van der Waals surface area (Å²) in [6, 6.07) is 17.6. The number of aromatic nitrogens is 2. The minimum atomic E-state index is -1.93. The second-order valence-electron chi connectivity index (χ2n) is 8.62. The van der Waals surface area contributed by atoms with Gasteiger partial charge in [0.25, 0.3) is 0 Å². The van der Waals surface area contributed by atoms with Gasteiger partial charge < -0.3 is 39.1 Å². The Bertz CT molecular complexity index is 1540. The van der Waals surface area contributed by atoms with Crippen molar-refractivity contribution in [3.05, 3.63) is 131 Å². The Morgan fingerprint density at radius 2 is 0.886 bits per heavy atom. The van der Waals surface area contributed by atoms with Gasteiger partial charge in [-0.2, -0.15) is 0 Å². The van der Waals surface area contributed by atoms with E-state index >= 15 is 0 Å². The predicted octanol–water partition coefficient (Wildman–Crippen LogP) is -0.614. The molecule has 0 aliphatic carbocycles. The van der Waals surface area contributed by atoms with E-state index in [1.807, 2.05) is 0 Å². The van der Waals surface area contributed by atoms with E-state index in [1.54, 1.807) is 48.8 Å². The summed E-state index contributed by atoms with van der Waals surface area (Å²) in [5.41, 5.74) is 1.84. The van der Waals surface area contributed by atoms with E-state index in [2.05, 4.69) is 0 Å². The van der Waals surface area contributed by atoms with Crippen molar-refractivity contribution in [2.75, 3.05) is 0 Å². The SMILES string of the molecule is O=C([O-])C(=O)/C=C(\[O-])c1cccn1Cc1ccc(F)cc1.O=C([O-])C(=O)/C=C(\[O-])c1cccn1Cc1ccc(F)cc1.[Cu+2].[Cu+2]. The third-order valence-corrected chi connectivity index (χ3v) is 5.62. The molecule has 0 saturated heterocycles. The summed E-state index contributed by atoms with van der Waals surface area (Å²) in [7, 11) is 0. The number of aliphatic carboxylic acids is 2. The first-order chi connectivity index (χ1) is 19.9. The standard InChI is InChI=1S/2C15H12FNO4.2Cu/c2*16-11-5-3-10(4-6-11)9-17-7-1-2-12(17)13(18)8-14(19)15(20)21;;/h2*1-8,18H,9H2,(H,20,21);;/q;;2*+2/p-4/b2*13-8-;;. The van der Waals surface area contributed by atoms with Crippen LogP contribution in [0.15, 0.2) is 97.3 Å². The first kappa shape index (κ1) is 37.3. The van der Waals surface area contributed by atoms with Gasteiger partial charge in [-0.3, -0.25) is 9.59 Å². The normalized spacial score (nSPS) is 10.9. The molecule has 4 aromatic rings. The Balaban J connectivity index is 0.000000421. The van der Waals surface area contributed by atoms with Crippen LogP contribution in [-0.4, -0.2) is 32.6 Å². The van der Waals surface area contributed by atoms with E-state index in [1.165, 1.54) is 45.5 Å². The molecule has 234 valence electrons. The molecule has 44 heavy (non-hydrogen) atoms. The molecular weight excluding hydrogens is 681 g/mol.